The maximum absolute atomic E-state index is 14.2. The highest BCUT2D eigenvalue weighted by molar-refractivity contribution is 6.30. The molecule has 2 aromatic rings. The fraction of sp³-hybridized carbons (Fsp3) is 0.481. The Morgan fingerprint density at radius 2 is 1.89 bits per heavy atom. The summed E-state index contributed by atoms with van der Waals surface area (Å²) < 4.78 is 40.8. The molecule has 1 N–H and O–H groups in total. The minimum atomic E-state index is -2.90. The van der Waals surface area contributed by atoms with Gasteiger partial charge in [-0.15, -0.1) is 0 Å². The summed E-state index contributed by atoms with van der Waals surface area (Å²) in [6, 6.07) is 5.37. The van der Waals surface area contributed by atoms with Crippen LogP contribution in [0.1, 0.15) is 67.1 Å². The fourth-order valence-electron chi connectivity index (χ4n) is 5.92. The van der Waals surface area contributed by atoms with E-state index in [-0.39, 0.29) is 34.4 Å². The Labute approximate surface area is 223 Å². The van der Waals surface area contributed by atoms with Gasteiger partial charge in [0.15, 0.2) is 0 Å². The van der Waals surface area contributed by atoms with Gasteiger partial charge in [-0.3, -0.25) is 19.4 Å². The number of anilines is 1. The van der Waals surface area contributed by atoms with E-state index >= 15 is 0 Å². The fourth-order valence-corrected chi connectivity index (χ4v) is 6.08. The molecule has 7 nitrogen and oxygen atoms in total. The minimum Gasteiger partial charge on any atom is -0.349 e. The summed E-state index contributed by atoms with van der Waals surface area (Å²) in [6.45, 7) is 2.78. The van der Waals surface area contributed by atoms with Gasteiger partial charge in [-0.1, -0.05) is 24.6 Å². The number of fused-ring (bicyclic) bond motifs is 2. The van der Waals surface area contributed by atoms with Crippen molar-refractivity contribution in [3.05, 3.63) is 58.1 Å². The lowest BCUT2D eigenvalue weighted by Gasteiger charge is -2.47. The van der Waals surface area contributed by atoms with E-state index in [4.69, 9.17) is 11.6 Å². The van der Waals surface area contributed by atoms with Crippen LogP contribution in [0.5, 0.6) is 0 Å². The van der Waals surface area contributed by atoms with Crippen LogP contribution in [0.2, 0.25) is 5.02 Å². The van der Waals surface area contributed by atoms with Gasteiger partial charge in [0.2, 0.25) is 11.8 Å². The van der Waals surface area contributed by atoms with Gasteiger partial charge >= 0.3 is 0 Å². The van der Waals surface area contributed by atoms with E-state index in [9.17, 15) is 27.6 Å². The number of aromatic nitrogens is 1. The largest absolute Gasteiger partial charge is 0.349 e. The predicted octanol–water partition coefficient (Wildman–Crippen LogP) is 4.64. The highest BCUT2D eigenvalue weighted by atomic mass is 35.5. The van der Waals surface area contributed by atoms with Crippen LogP contribution >= 0.6 is 11.6 Å². The lowest BCUT2D eigenvalue weighted by Crippen LogP contribution is -2.65. The monoisotopic (exact) mass is 548 g/mol. The van der Waals surface area contributed by atoms with Crippen molar-refractivity contribution in [3.63, 3.8) is 0 Å². The molecule has 0 unspecified atom stereocenters. The Bertz CT molecular complexity index is 1280. The number of carbonyl (C=O) groups excluding carboxylic acids is 3. The van der Waals surface area contributed by atoms with Gasteiger partial charge in [0.25, 0.3) is 12.3 Å². The molecule has 1 aromatic heterocycles. The highest BCUT2D eigenvalue weighted by Gasteiger charge is 2.59. The molecule has 1 saturated carbocycles. The number of rotatable bonds is 6. The molecule has 0 atom stereocenters. The number of nitrogens with zero attached hydrogens (tertiary/aromatic N) is 3. The van der Waals surface area contributed by atoms with E-state index in [1.54, 1.807) is 22.8 Å². The van der Waals surface area contributed by atoms with Crippen molar-refractivity contribution in [2.75, 3.05) is 24.5 Å². The SMILES string of the molecule is CCC(=O)N1CC2(C1)C(=O)N(C[C@H]1CC[C@H](NC(=O)c3cc(Cl)cnc3C(F)F)CC1)c1cc(F)ccc12. The Hall–Kier alpha value is -3.14. The Kier molecular flexibility index (Phi) is 7.11. The molecule has 2 aliphatic heterocycles. The number of hydrogen-bond acceptors (Lipinski definition) is 4. The summed E-state index contributed by atoms with van der Waals surface area (Å²) in [4.78, 5) is 45.4. The van der Waals surface area contributed by atoms with Crippen LogP contribution in [0, 0.1) is 11.7 Å². The third kappa shape index (κ3) is 4.63. The van der Waals surface area contributed by atoms with Crippen molar-refractivity contribution in [1.82, 2.24) is 15.2 Å². The van der Waals surface area contributed by atoms with E-state index in [1.807, 2.05) is 0 Å². The average molecular weight is 549 g/mol. The number of pyridine rings is 1. The van der Waals surface area contributed by atoms with Gasteiger partial charge < -0.3 is 15.1 Å². The van der Waals surface area contributed by atoms with E-state index in [0.29, 0.717) is 57.4 Å². The van der Waals surface area contributed by atoms with Gasteiger partial charge in [-0.25, -0.2) is 13.2 Å². The quantitative estimate of drug-likeness (QED) is 0.570. The zero-order valence-corrected chi connectivity index (χ0v) is 21.6. The van der Waals surface area contributed by atoms with E-state index in [0.717, 1.165) is 11.8 Å². The highest BCUT2D eigenvalue weighted by Crippen LogP contribution is 2.48. The van der Waals surface area contributed by atoms with Crippen LogP contribution in [-0.2, 0) is 15.0 Å². The van der Waals surface area contributed by atoms with Crippen molar-refractivity contribution in [2.45, 2.75) is 56.9 Å². The standard InChI is InChI=1S/C27H28ClF3N4O3/c1-2-22(36)34-13-27(14-34)20-8-5-17(29)10-21(20)35(26(27)38)12-15-3-6-18(7-4-15)33-25(37)19-9-16(28)11-32-23(19)24(30)31/h5,8-11,15,18,24H,2-4,6-7,12-14H2,1H3,(H,33,37)/t15-,18-. The van der Waals surface area contributed by atoms with Gasteiger partial charge in [-0.05, 0) is 55.4 Å². The molecule has 0 bridgehead atoms. The van der Waals surface area contributed by atoms with Crippen molar-refractivity contribution in [1.29, 1.82) is 0 Å². The molecule has 3 heterocycles. The number of carbonyl (C=O) groups is 3. The zero-order valence-electron chi connectivity index (χ0n) is 20.9. The topological polar surface area (TPSA) is 82.6 Å². The number of likely N-dealkylation sites (tertiary alicyclic amines) is 1. The number of nitrogens with one attached hydrogen (secondary N) is 1. The Morgan fingerprint density at radius 3 is 2.55 bits per heavy atom. The minimum absolute atomic E-state index is 0.0138. The first kappa shape index (κ1) is 26.5. The molecule has 1 saturated heterocycles. The van der Waals surface area contributed by atoms with Gasteiger partial charge in [-0.2, -0.15) is 0 Å². The van der Waals surface area contributed by atoms with Gasteiger partial charge in [0.1, 0.15) is 16.9 Å². The molecule has 2 fully saturated rings. The van der Waals surface area contributed by atoms with Crippen molar-refractivity contribution >= 4 is 35.0 Å². The average Bonchev–Trinajstić information content (AvgIpc) is 3.10. The van der Waals surface area contributed by atoms with E-state index in [1.165, 1.54) is 18.2 Å². The lowest BCUT2D eigenvalue weighted by atomic mass is 9.74. The second-order valence-corrected chi connectivity index (χ2v) is 10.8. The molecule has 1 spiro atoms. The maximum atomic E-state index is 14.2. The Balaban J connectivity index is 1.23. The van der Waals surface area contributed by atoms with Crippen LogP contribution in [0.4, 0.5) is 18.9 Å². The first-order chi connectivity index (χ1) is 18.1. The summed E-state index contributed by atoms with van der Waals surface area (Å²) in [5.41, 5.74) is -0.357. The summed E-state index contributed by atoms with van der Waals surface area (Å²) >= 11 is 5.87. The van der Waals surface area contributed by atoms with Crippen molar-refractivity contribution in [3.8, 4) is 0 Å². The van der Waals surface area contributed by atoms with Crippen molar-refractivity contribution in [2.24, 2.45) is 5.92 Å². The van der Waals surface area contributed by atoms with Gasteiger partial charge in [0, 0.05) is 38.3 Å². The molecular formula is C27H28ClF3N4O3. The van der Waals surface area contributed by atoms with Crippen LogP contribution in [-0.4, -0.2) is 53.3 Å². The van der Waals surface area contributed by atoms with E-state index < -0.39 is 29.3 Å². The molecule has 0 radical (unpaired) electrons. The maximum Gasteiger partial charge on any atom is 0.281 e. The second kappa shape index (κ2) is 10.2. The molecule has 38 heavy (non-hydrogen) atoms. The summed E-state index contributed by atoms with van der Waals surface area (Å²) in [5.74, 6) is -1.07. The molecule has 1 aliphatic carbocycles. The number of alkyl halides is 2. The number of halogens is 4. The summed E-state index contributed by atoms with van der Waals surface area (Å²) in [6.07, 6.45) is 1.15. The first-order valence-corrected chi connectivity index (χ1v) is 13.1. The van der Waals surface area contributed by atoms with Crippen molar-refractivity contribution < 1.29 is 27.6 Å². The summed E-state index contributed by atoms with van der Waals surface area (Å²) in [5, 5.41) is 2.92. The molecular weight excluding hydrogens is 521 g/mol. The number of benzene rings is 1. The molecule has 11 heteroatoms. The van der Waals surface area contributed by atoms with E-state index in [2.05, 4.69) is 10.3 Å². The normalized spacial score (nSPS) is 22.0. The predicted molar refractivity (Wildman–Crippen MR) is 135 cm³/mol. The van der Waals surface area contributed by atoms with Crippen LogP contribution in [0.3, 0.4) is 0 Å². The number of hydrogen-bond donors (Lipinski definition) is 1. The zero-order chi connectivity index (χ0) is 27.2. The third-order valence-electron chi connectivity index (χ3n) is 7.96. The molecule has 202 valence electrons. The molecule has 3 amide bonds. The first-order valence-electron chi connectivity index (χ1n) is 12.8. The lowest BCUT2D eigenvalue weighted by molar-refractivity contribution is -0.143. The smallest absolute Gasteiger partial charge is 0.281 e. The van der Waals surface area contributed by atoms with Gasteiger partial charge in [0.05, 0.1) is 16.3 Å². The number of amides is 3. The third-order valence-corrected chi connectivity index (χ3v) is 8.16. The van der Waals surface area contributed by atoms with Crippen LogP contribution in [0.15, 0.2) is 30.5 Å². The molecule has 5 rings (SSSR count). The molecule has 3 aliphatic rings. The van der Waals surface area contributed by atoms with Crippen LogP contribution < -0.4 is 10.2 Å². The second-order valence-electron chi connectivity index (χ2n) is 10.3. The Morgan fingerprint density at radius 1 is 1.18 bits per heavy atom. The summed E-state index contributed by atoms with van der Waals surface area (Å²) in [7, 11) is 0. The molecule has 1 aromatic carbocycles. The van der Waals surface area contributed by atoms with Crippen LogP contribution in [0.25, 0.3) is 0 Å².